The normalized spacial score (nSPS) is 11.0. The lowest BCUT2D eigenvalue weighted by Gasteiger charge is -2.10. The molecule has 1 N–H and O–H groups in total. The Balaban J connectivity index is 3.06. The van der Waals surface area contributed by atoms with Gasteiger partial charge in [0.2, 0.25) is 0 Å². The van der Waals surface area contributed by atoms with Crippen molar-refractivity contribution in [3.63, 3.8) is 0 Å². The van der Waals surface area contributed by atoms with E-state index in [0.29, 0.717) is 17.2 Å². The number of aromatic amines is 1. The summed E-state index contributed by atoms with van der Waals surface area (Å²) < 4.78 is 6.52. The molecule has 0 aromatic carbocycles. The van der Waals surface area contributed by atoms with E-state index in [0.717, 1.165) is 22.4 Å². The molecule has 1 aromatic rings. The molecule has 1 heterocycles. The fourth-order valence-corrected chi connectivity index (χ4v) is 2.11. The summed E-state index contributed by atoms with van der Waals surface area (Å²) in [6, 6.07) is 0. The van der Waals surface area contributed by atoms with Gasteiger partial charge in [-0.1, -0.05) is 26.1 Å². The van der Waals surface area contributed by atoms with E-state index in [4.69, 9.17) is 17.0 Å². The first-order valence-electron chi connectivity index (χ1n) is 4.83. The average molecular weight is 291 g/mol. The van der Waals surface area contributed by atoms with Crippen molar-refractivity contribution in [2.45, 2.75) is 26.2 Å². The Bertz CT molecular complexity index is 389. The van der Waals surface area contributed by atoms with Crippen LogP contribution in [-0.4, -0.2) is 23.7 Å². The topological polar surface area (TPSA) is 37.9 Å². The molecule has 0 bridgehead atoms. The standard InChI is InChI=1S/C10H15BrN2OS/c1-6(2)9-8(11)10(15)13-7(12-9)4-5-14-3/h6H,4-5H2,1-3H3,(H,12,13,15). The predicted octanol–water partition coefficient (Wildman–Crippen LogP) is 3.21. The van der Waals surface area contributed by atoms with Gasteiger partial charge in [-0.05, 0) is 21.8 Å². The van der Waals surface area contributed by atoms with E-state index in [9.17, 15) is 0 Å². The molecule has 0 saturated carbocycles. The van der Waals surface area contributed by atoms with Crippen molar-refractivity contribution in [1.29, 1.82) is 0 Å². The van der Waals surface area contributed by atoms with Crippen molar-refractivity contribution in [3.05, 3.63) is 20.6 Å². The summed E-state index contributed by atoms with van der Waals surface area (Å²) in [6.07, 6.45) is 0.757. The molecule has 15 heavy (non-hydrogen) atoms. The van der Waals surface area contributed by atoms with Crippen LogP contribution in [0.25, 0.3) is 0 Å². The lowest BCUT2D eigenvalue weighted by molar-refractivity contribution is 0.200. The van der Waals surface area contributed by atoms with Gasteiger partial charge in [0.1, 0.15) is 10.5 Å². The lowest BCUT2D eigenvalue weighted by atomic mass is 10.1. The second-order valence-electron chi connectivity index (χ2n) is 3.61. The zero-order valence-corrected chi connectivity index (χ0v) is 11.5. The Morgan fingerprint density at radius 2 is 2.20 bits per heavy atom. The van der Waals surface area contributed by atoms with Crippen molar-refractivity contribution in [1.82, 2.24) is 9.97 Å². The number of rotatable bonds is 4. The van der Waals surface area contributed by atoms with E-state index in [1.54, 1.807) is 7.11 Å². The minimum Gasteiger partial charge on any atom is -0.384 e. The fourth-order valence-electron chi connectivity index (χ4n) is 1.24. The number of nitrogens with one attached hydrogen (secondary N) is 1. The first-order chi connectivity index (χ1) is 7.06. The monoisotopic (exact) mass is 290 g/mol. The Morgan fingerprint density at radius 3 is 2.73 bits per heavy atom. The number of hydrogen-bond acceptors (Lipinski definition) is 3. The molecular weight excluding hydrogens is 276 g/mol. The van der Waals surface area contributed by atoms with E-state index >= 15 is 0 Å². The van der Waals surface area contributed by atoms with Gasteiger partial charge < -0.3 is 9.72 Å². The van der Waals surface area contributed by atoms with Gasteiger partial charge in [-0.2, -0.15) is 0 Å². The highest BCUT2D eigenvalue weighted by atomic mass is 79.9. The van der Waals surface area contributed by atoms with Crippen LogP contribution in [0.15, 0.2) is 4.47 Å². The molecule has 0 aliphatic carbocycles. The zero-order valence-electron chi connectivity index (χ0n) is 9.13. The van der Waals surface area contributed by atoms with E-state index in [2.05, 4.69) is 39.7 Å². The molecule has 0 fully saturated rings. The van der Waals surface area contributed by atoms with E-state index < -0.39 is 0 Å². The highest BCUT2D eigenvalue weighted by Gasteiger charge is 2.09. The molecule has 0 amide bonds. The summed E-state index contributed by atoms with van der Waals surface area (Å²) in [7, 11) is 1.68. The maximum absolute atomic E-state index is 5.18. The molecule has 0 atom stereocenters. The van der Waals surface area contributed by atoms with Crippen LogP contribution in [0.1, 0.15) is 31.3 Å². The maximum Gasteiger partial charge on any atom is 0.144 e. The molecule has 1 rings (SSSR count). The summed E-state index contributed by atoms with van der Waals surface area (Å²) in [4.78, 5) is 7.57. The van der Waals surface area contributed by atoms with Crippen LogP contribution in [0.3, 0.4) is 0 Å². The third-order valence-electron chi connectivity index (χ3n) is 2.06. The Hall–Kier alpha value is -0.260. The number of halogens is 1. The second kappa shape index (κ2) is 5.72. The molecule has 84 valence electrons. The predicted molar refractivity (Wildman–Crippen MR) is 66.8 cm³/mol. The van der Waals surface area contributed by atoms with Crippen molar-refractivity contribution in [2.75, 3.05) is 13.7 Å². The smallest absolute Gasteiger partial charge is 0.144 e. The van der Waals surface area contributed by atoms with Crippen molar-refractivity contribution >= 4 is 28.1 Å². The molecule has 0 spiro atoms. The molecule has 0 aliphatic rings. The van der Waals surface area contributed by atoms with E-state index in [1.165, 1.54) is 0 Å². The average Bonchev–Trinajstić information content (AvgIpc) is 2.19. The Morgan fingerprint density at radius 1 is 1.53 bits per heavy atom. The minimum absolute atomic E-state index is 0.394. The van der Waals surface area contributed by atoms with Crippen molar-refractivity contribution < 1.29 is 4.74 Å². The largest absolute Gasteiger partial charge is 0.384 e. The maximum atomic E-state index is 5.18. The van der Waals surface area contributed by atoms with Gasteiger partial charge >= 0.3 is 0 Å². The van der Waals surface area contributed by atoms with Crippen LogP contribution in [0.2, 0.25) is 0 Å². The third-order valence-corrected chi connectivity index (χ3v) is 3.42. The SMILES string of the molecule is COCCc1nc(=S)c(Br)c(C(C)C)[nH]1. The number of ether oxygens (including phenoxy) is 1. The van der Waals surface area contributed by atoms with Crippen LogP contribution in [0.5, 0.6) is 0 Å². The highest BCUT2D eigenvalue weighted by molar-refractivity contribution is 9.10. The molecule has 0 saturated heterocycles. The quantitative estimate of drug-likeness (QED) is 0.866. The van der Waals surface area contributed by atoms with Gasteiger partial charge in [-0.3, -0.25) is 0 Å². The minimum atomic E-state index is 0.394. The summed E-state index contributed by atoms with van der Waals surface area (Å²) in [6.45, 7) is 4.88. The van der Waals surface area contributed by atoms with Gasteiger partial charge in [-0.25, -0.2) is 4.98 Å². The van der Waals surface area contributed by atoms with Crippen LogP contribution in [0, 0.1) is 4.64 Å². The van der Waals surface area contributed by atoms with E-state index in [-0.39, 0.29) is 0 Å². The highest BCUT2D eigenvalue weighted by Crippen LogP contribution is 2.23. The number of methoxy groups -OCH3 is 1. The lowest BCUT2D eigenvalue weighted by Crippen LogP contribution is -2.06. The molecule has 0 aliphatic heterocycles. The molecule has 5 heteroatoms. The summed E-state index contributed by atoms with van der Waals surface area (Å²) in [5.74, 6) is 1.28. The first-order valence-corrected chi connectivity index (χ1v) is 6.04. The number of aromatic nitrogens is 2. The molecule has 0 unspecified atom stereocenters. The van der Waals surface area contributed by atoms with Gasteiger partial charge in [0, 0.05) is 19.2 Å². The van der Waals surface area contributed by atoms with Crippen molar-refractivity contribution in [2.24, 2.45) is 0 Å². The van der Waals surface area contributed by atoms with Crippen LogP contribution < -0.4 is 0 Å². The number of nitrogens with zero attached hydrogens (tertiary/aromatic N) is 1. The van der Waals surface area contributed by atoms with Crippen LogP contribution in [0.4, 0.5) is 0 Å². The molecular formula is C10H15BrN2OS. The summed E-state index contributed by atoms with van der Waals surface area (Å²) in [5, 5.41) is 0. The Kier molecular flexibility index (Phi) is 4.89. The molecule has 3 nitrogen and oxygen atoms in total. The summed E-state index contributed by atoms with van der Waals surface area (Å²) in [5.41, 5.74) is 1.10. The third kappa shape index (κ3) is 3.36. The number of H-pyrrole nitrogens is 1. The van der Waals surface area contributed by atoms with Gasteiger partial charge in [0.15, 0.2) is 0 Å². The fraction of sp³-hybridized carbons (Fsp3) is 0.600. The first kappa shape index (κ1) is 12.8. The van der Waals surface area contributed by atoms with Crippen molar-refractivity contribution in [3.8, 4) is 0 Å². The van der Waals surface area contributed by atoms with Gasteiger partial charge in [0.25, 0.3) is 0 Å². The summed E-state index contributed by atoms with van der Waals surface area (Å²) >= 11 is 8.63. The van der Waals surface area contributed by atoms with Crippen LogP contribution >= 0.6 is 28.1 Å². The zero-order chi connectivity index (χ0) is 11.4. The molecule has 1 aromatic heterocycles. The Labute approximate surface area is 103 Å². The van der Waals surface area contributed by atoms with Gasteiger partial charge in [-0.15, -0.1) is 0 Å². The second-order valence-corrected chi connectivity index (χ2v) is 4.79. The van der Waals surface area contributed by atoms with E-state index in [1.807, 2.05) is 0 Å². The number of hydrogen-bond donors (Lipinski definition) is 1. The van der Waals surface area contributed by atoms with Crippen LogP contribution in [-0.2, 0) is 11.2 Å². The molecule has 0 radical (unpaired) electrons. The van der Waals surface area contributed by atoms with Gasteiger partial charge in [0.05, 0.1) is 11.1 Å².